The molecule has 0 N–H and O–H groups in total. The van der Waals surface area contributed by atoms with Gasteiger partial charge >= 0.3 is 0 Å². The van der Waals surface area contributed by atoms with E-state index in [1.807, 2.05) is 18.2 Å². The van der Waals surface area contributed by atoms with Crippen LogP contribution in [0.4, 0.5) is 0 Å². The van der Waals surface area contributed by atoms with Crippen LogP contribution in [0.1, 0.15) is 10.6 Å². The van der Waals surface area contributed by atoms with Crippen molar-refractivity contribution in [3.05, 3.63) is 63.1 Å². The zero-order chi connectivity index (χ0) is 12.2. The van der Waals surface area contributed by atoms with Crippen molar-refractivity contribution in [1.82, 2.24) is 4.98 Å². The normalized spacial score (nSPS) is 11.1. The highest BCUT2D eigenvalue weighted by molar-refractivity contribution is 7.11. The summed E-state index contributed by atoms with van der Waals surface area (Å²) in [4.78, 5) is 4.62. The number of thiophene rings is 1. The van der Waals surface area contributed by atoms with Crippen molar-refractivity contribution in [3.63, 3.8) is 0 Å². The van der Waals surface area contributed by atoms with Crippen molar-refractivity contribution in [1.29, 1.82) is 0 Å². The van der Waals surface area contributed by atoms with Crippen molar-refractivity contribution in [3.8, 4) is 11.3 Å². The van der Waals surface area contributed by atoms with Gasteiger partial charge in [-0.05, 0) is 28.5 Å². The van der Waals surface area contributed by atoms with E-state index in [4.69, 9.17) is 0 Å². The lowest BCUT2D eigenvalue weighted by Gasteiger charge is -1.93. The molecule has 0 aliphatic heterocycles. The van der Waals surface area contributed by atoms with E-state index < -0.39 is 0 Å². The van der Waals surface area contributed by atoms with Crippen LogP contribution in [0.25, 0.3) is 23.4 Å². The molecular weight excluding hydrogens is 258 g/mol. The first-order valence-electron chi connectivity index (χ1n) is 5.63. The van der Waals surface area contributed by atoms with Gasteiger partial charge in [0.25, 0.3) is 0 Å². The highest BCUT2D eigenvalue weighted by Crippen LogP contribution is 2.22. The van der Waals surface area contributed by atoms with Crippen molar-refractivity contribution >= 4 is 34.8 Å². The Bertz CT molecular complexity index is 636. The molecule has 3 heteroatoms. The van der Waals surface area contributed by atoms with E-state index in [0.717, 1.165) is 10.7 Å². The van der Waals surface area contributed by atoms with E-state index in [0.29, 0.717) is 0 Å². The summed E-state index contributed by atoms with van der Waals surface area (Å²) in [6.07, 6.45) is 4.17. The lowest BCUT2D eigenvalue weighted by Crippen LogP contribution is -1.76. The fourth-order valence-electron chi connectivity index (χ4n) is 1.64. The van der Waals surface area contributed by atoms with Crippen LogP contribution >= 0.6 is 22.7 Å². The molecule has 0 aliphatic rings. The zero-order valence-electron chi connectivity index (χ0n) is 9.61. The first-order chi connectivity index (χ1) is 8.92. The Kier molecular flexibility index (Phi) is 3.35. The molecule has 0 atom stereocenters. The van der Waals surface area contributed by atoms with E-state index in [9.17, 15) is 0 Å². The third kappa shape index (κ3) is 2.58. The zero-order valence-corrected chi connectivity index (χ0v) is 11.2. The van der Waals surface area contributed by atoms with Crippen LogP contribution in [0, 0.1) is 0 Å². The molecule has 1 nitrogen and oxygen atoms in total. The van der Waals surface area contributed by atoms with Gasteiger partial charge in [0.15, 0.2) is 0 Å². The summed E-state index contributed by atoms with van der Waals surface area (Å²) in [7, 11) is 0. The molecule has 2 heterocycles. The fraction of sp³-hybridized carbons (Fsp3) is 0. The Hall–Kier alpha value is -1.71. The number of thiazole rings is 1. The Balaban J connectivity index is 1.82. The number of nitrogens with zero attached hydrogens (tertiary/aromatic N) is 1. The quantitative estimate of drug-likeness (QED) is 0.649. The summed E-state index contributed by atoms with van der Waals surface area (Å²) in [6, 6.07) is 12.4. The van der Waals surface area contributed by atoms with Gasteiger partial charge in [0, 0.05) is 10.9 Å². The smallest absolute Gasteiger partial charge is 0.116 e. The number of hydrogen-bond acceptors (Lipinski definition) is 3. The van der Waals surface area contributed by atoms with Crippen LogP contribution in [0.5, 0.6) is 0 Å². The van der Waals surface area contributed by atoms with Crippen LogP contribution in [0.2, 0.25) is 0 Å². The van der Waals surface area contributed by atoms with Gasteiger partial charge < -0.3 is 0 Å². The largest absolute Gasteiger partial charge is 0.237 e. The molecule has 3 aromatic rings. The second-order valence-corrected chi connectivity index (χ2v) is 5.50. The van der Waals surface area contributed by atoms with Gasteiger partial charge in [0.1, 0.15) is 5.01 Å². The van der Waals surface area contributed by atoms with Gasteiger partial charge in [-0.1, -0.05) is 36.4 Å². The van der Waals surface area contributed by atoms with Crippen molar-refractivity contribution < 1.29 is 0 Å². The number of hydrogen-bond donors (Lipinski definition) is 0. The minimum Gasteiger partial charge on any atom is -0.237 e. The molecule has 0 aliphatic carbocycles. The maximum absolute atomic E-state index is 4.62. The van der Waals surface area contributed by atoms with Crippen molar-refractivity contribution in [2.45, 2.75) is 0 Å². The van der Waals surface area contributed by atoms with Crippen LogP contribution in [-0.2, 0) is 0 Å². The third-order valence-electron chi connectivity index (χ3n) is 2.55. The summed E-state index contributed by atoms with van der Waals surface area (Å²) in [6.45, 7) is 0. The van der Waals surface area contributed by atoms with Crippen LogP contribution in [0.3, 0.4) is 0 Å². The predicted molar refractivity (Wildman–Crippen MR) is 80.8 cm³/mol. The van der Waals surface area contributed by atoms with Crippen LogP contribution in [-0.4, -0.2) is 4.98 Å². The van der Waals surface area contributed by atoms with Gasteiger partial charge in [-0.25, -0.2) is 4.98 Å². The molecule has 0 radical (unpaired) electrons. The molecule has 2 aromatic heterocycles. The van der Waals surface area contributed by atoms with Gasteiger partial charge in [-0.3, -0.25) is 0 Å². The summed E-state index contributed by atoms with van der Waals surface area (Å²) in [5.41, 5.74) is 3.45. The summed E-state index contributed by atoms with van der Waals surface area (Å²) >= 11 is 3.38. The monoisotopic (exact) mass is 269 g/mol. The molecule has 0 spiro atoms. The van der Waals surface area contributed by atoms with Gasteiger partial charge in [0.2, 0.25) is 0 Å². The fourth-order valence-corrected chi connectivity index (χ4v) is 2.99. The van der Waals surface area contributed by atoms with E-state index in [1.165, 1.54) is 11.1 Å². The summed E-state index contributed by atoms with van der Waals surface area (Å²) in [5.74, 6) is 0. The standard InChI is InChI=1S/C15H11NS2/c1-2-4-13(5-3-1)14-11-18-15(16-14)7-6-12-8-9-17-10-12/h1-11H/b7-6+. The van der Waals surface area contributed by atoms with Crippen molar-refractivity contribution in [2.75, 3.05) is 0 Å². The summed E-state index contributed by atoms with van der Waals surface area (Å²) < 4.78 is 0. The predicted octanol–water partition coefficient (Wildman–Crippen LogP) is 5.04. The molecule has 1 aromatic carbocycles. The lowest BCUT2D eigenvalue weighted by atomic mass is 10.2. The van der Waals surface area contributed by atoms with E-state index in [1.54, 1.807) is 22.7 Å². The summed E-state index contributed by atoms with van der Waals surface area (Å²) in [5, 5.41) is 7.35. The minimum absolute atomic E-state index is 1.04. The Labute approximate surface area is 114 Å². The molecule has 0 unspecified atom stereocenters. The van der Waals surface area contributed by atoms with Crippen molar-refractivity contribution in [2.24, 2.45) is 0 Å². The van der Waals surface area contributed by atoms with Crippen LogP contribution in [0.15, 0.2) is 52.5 Å². The molecule has 88 valence electrons. The van der Waals surface area contributed by atoms with Gasteiger partial charge in [-0.2, -0.15) is 11.3 Å². The van der Waals surface area contributed by atoms with E-state index >= 15 is 0 Å². The molecular formula is C15H11NS2. The number of rotatable bonds is 3. The molecule has 0 saturated carbocycles. The lowest BCUT2D eigenvalue weighted by molar-refractivity contribution is 1.39. The Morgan fingerprint density at radius 1 is 0.944 bits per heavy atom. The molecule has 0 amide bonds. The van der Waals surface area contributed by atoms with Crippen LogP contribution < -0.4 is 0 Å². The topological polar surface area (TPSA) is 12.9 Å². The second-order valence-electron chi connectivity index (χ2n) is 3.83. The number of aromatic nitrogens is 1. The third-order valence-corrected chi connectivity index (χ3v) is 4.06. The first kappa shape index (κ1) is 11.4. The van der Waals surface area contributed by atoms with E-state index in [-0.39, 0.29) is 0 Å². The Morgan fingerprint density at radius 2 is 1.83 bits per heavy atom. The minimum atomic E-state index is 1.04. The van der Waals surface area contributed by atoms with Gasteiger partial charge in [-0.15, -0.1) is 11.3 Å². The second kappa shape index (κ2) is 5.29. The average Bonchev–Trinajstić information content (AvgIpc) is 3.09. The highest BCUT2D eigenvalue weighted by Gasteiger charge is 2.01. The Morgan fingerprint density at radius 3 is 2.61 bits per heavy atom. The van der Waals surface area contributed by atoms with E-state index in [2.05, 4.69) is 51.5 Å². The average molecular weight is 269 g/mol. The highest BCUT2D eigenvalue weighted by atomic mass is 32.1. The molecule has 0 bridgehead atoms. The molecule has 0 saturated heterocycles. The molecule has 0 fully saturated rings. The molecule has 3 rings (SSSR count). The SMILES string of the molecule is C(=C\c1nc(-c2ccccc2)cs1)/c1ccsc1. The molecule has 18 heavy (non-hydrogen) atoms. The number of benzene rings is 1. The maximum atomic E-state index is 4.62. The first-order valence-corrected chi connectivity index (χ1v) is 7.45. The maximum Gasteiger partial charge on any atom is 0.116 e. The van der Waals surface area contributed by atoms with Gasteiger partial charge in [0.05, 0.1) is 5.69 Å².